The van der Waals surface area contributed by atoms with E-state index in [2.05, 4.69) is 34.3 Å². The third kappa shape index (κ3) is 6.26. The van der Waals surface area contributed by atoms with Crippen LogP contribution >= 0.6 is 23.2 Å². The van der Waals surface area contributed by atoms with Crippen molar-refractivity contribution in [1.29, 1.82) is 0 Å². The number of carbonyl (C=O) groups excluding carboxylic acids is 1. The average Bonchev–Trinajstić information content (AvgIpc) is 3.33. The molecule has 0 fully saturated rings. The van der Waals surface area contributed by atoms with Crippen LogP contribution < -0.4 is 5.32 Å². The zero-order valence-corrected chi connectivity index (χ0v) is 20.3. The topological polar surface area (TPSA) is 58.4 Å². The van der Waals surface area contributed by atoms with Gasteiger partial charge in [-0.1, -0.05) is 89.9 Å². The van der Waals surface area contributed by atoms with Gasteiger partial charge in [-0.25, -0.2) is 4.98 Å². The number of nitrogens with one attached hydrogen (secondary N) is 1. The standard InChI is InChI=1S/C27H25Cl2N3O2/c1-19(21-10-6-3-7-11-21)32(16-22-12-13-23(28)14-24(22)29)17-26-31-25(18-34-26)27(33)30-15-20-8-4-2-5-9-20/h2-14,18-19H,15-17H2,1H3,(H,30,33). The predicted octanol–water partition coefficient (Wildman–Crippen LogP) is 6.67. The molecule has 1 amide bonds. The maximum atomic E-state index is 12.6. The first-order valence-electron chi connectivity index (χ1n) is 11.0. The Bertz CT molecular complexity index is 1230. The van der Waals surface area contributed by atoms with Crippen LogP contribution in [0.1, 0.15) is 46.0 Å². The van der Waals surface area contributed by atoms with Crippen molar-refractivity contribution in [3.8, 4) is 0 Å². The predicted molar refractivity (Wildman–Crippen MR) is 135 cm³/mol. The van der Waals surface area contributed by atoms with E-state index >= 15 is 0 Å². The Labute approximate surface area is 209 Å². The zero-order chi connectivity index (χ0) is 23.9. The minimum atomic E-state index is -0.276. The number of amides is 1. The molecule has 1 heterocycles. The molecular weight excluding hydrogens is 469 g/mol. The lowest BCUT2D eigenvalue weighted by Gasteiger charge is -2.28. The number of rotatable bonds is 9. The molecule has 0 spiro atoms. The summed E-state index contributed by atoms with van der Waals surface area (Å²) in [5.74, 6) is 0.181. The van der Waals surface area contributed by atoms with E-state index in [4.69, 9.17) is 27.6 Å². The highest BCUT2D eigenvalue weighted by Crippen LogP contribution is 2.28. The summed E-state index contributed by atoms with van der Waals surface area (Å²) in [6.07, 6.45) is 1.40. The van der Waals surface area contributed by atoms with Crippen LogP contribution in [0, 0.1) is 0 Å². The molecule has 0 radical (unpaired) electrons. The summed E-state index contributed by atoms with van der Waals surface area (Å²) in [7, 11) is 0. The lowest BCUT2D eigenvalue weighted by atomic mass is 10.1. The Balaban J connectivity index is 1.49. The molecule has 1 atom stereocenters. The second-order valence-electron chi connectivity index (χ2n) is 8.02. The van der Waals surface area contributed by atoms with Crippen molar-refractivity contribution >= 4 is 29.1 Å². The zero-order valence-electron chi connectivity index (χ0n) is 18.7. The molecule has 1 unspecified atom stereocenters. The van der Waals surface area contributed by atoms with Crippen LogP contribution in [0.4, 0.5) is 0 Å². The minimum absolute atomic E-state index is 0.0511. The summed E-state index contributed by atoms with van der Waals surface area (Å²) < 4.78 is 5.67. The quantitative estimate of drug-likeness (QED) is 0.282. The number of oxazole rings is 1. The third-order valence-corrected chi connectivity index (χ3v) is 6.22. The van der Waals surface area contributed by atoms with Gasteiger partial charge in [-0.15, -0.1) is 0 Å². The Morgan fingerprint density at radius 2 is 1.71 bits per heavy atom. The molecule has 5 nitrogen and oxygen atoms in total. The Morgan fingerprint density at radius 3 is 2.41 bits per heavy atom. The molecule has 0 aliphatic carbocycles. The summed E-state index contributed by atoms with van der Waals surface area (Å²) >= 11 is 12.5. The number of hydrogen-bond acceptors (Lipinski definition) is 4. The molecule has 174 valence electrons. The number of halogens is 2. The Morgan fingerprint density at radius 1 is 1.00 bits per heavy atom. The van der Waals surface area contributed by atoms with Gasteiger partial charge >= 0.3 is 0 Å². The van der Waals surface area contributed by atoms with Gasteiger partial charge in [0.2, 0.25) is 5.89 Å². The summed E-state index contributed by atoms with van der Waals surface area (Å²) in [5.41, 5.74) is 3.37. The molecule has 1 N–H and O–H groups in total. The molecule has 7 heteroatoms. The maximum absolute atomic E-state index is 12.6. The smallest absolute Gasteiger partial charge is 0.273 e. The van der Waals surface area contributed by atoms with Crippen LogP contribution in [-0.2, 0) is 19.6 Å². The van der Waals surface area contributed by atoms with Crippen LogP contribution in [0.2, 0.25) is 10.0 Å². The van der Waals surface area contributed by atoms with Gasteiger partial charge in [0, 0.05) is 29.2 Å². The monoisotopic (exact) mass is 493 g/mol. The molecule has 4 rings (SSSR count). The summed E-state index contributed by atoms with van der Waals surface area (Å²) in [6.45, 7) is 3.51. The van der Waals surface area contributed by atoms with Crippen molar-refractivity contribution in [2.75, 3.05) is 0 Å². The average molecular weight is 494 g/mol. The van der Waals surface area contributed by atoms with Gasteiger partial charge < -0.3 is 9.73 Å². The van der Waals surface area contributed by atoms with Crippen molar-refractivity contribution < 1.29 is 9.21 Å². The van der Waals surface area contributed by atoms with Crippen LogP contribution in [0.25, 0.3) is 0 Å². The maximum Gasteiger partial charge on any atom is 0.273 e. The molecule has 0 bridgehead atoms. The molecule has 0 saturated carbocycles. The molecule has 34 heavy (non-hydrogen) atoms. The van der Waals surface area contributed by atoms with E-state index in [-0.39, 0.29) is 17.6 Å². The van der Waals surface area contributed by atoms with E-state index in [1.807, 2.05) is 60.7 Å². The van der Waals surface area contributed by atoms with E-state index in [1.165, 1.54) is 6.26 Å². The first-order valence-corrected chi connectivity index (χ1v) is 11.7. The number of benzene rings is 3. The van der Waals surface area contributed by atoms with Crippen LogP contribution in [0.3, 0.4) is 0 Å². The van der Waals surface area contributed by atoms with Crippen molar-refractivity contribution in [2.24, 2.45) is 0 Å². The van der Waals surface area contributed by atoms with Gasteiger partial charge in [0.15, 0.2) is 5.69 Å². The highest BCUT2D eigenvalue weighted by molar-refractivity contribution is 6.35. The summed E-state index contributed by atoms with van der Waals surface area (Å²) in [4.78, 5) is 19.2. The van der Waals surface area contributed by atoms with Crippen LogP contribution in [0.5, 0.6) is 0 Å². The minimum Gasteiger partial charge on any atom is -0.447 e. The number of nitrogens with zero attached hydrogens (tertiary/aromatic N) is 2. The van der Waals surface area contributed by atoms with Gasteiger partial charge in [0.05, 0.1) is 6.54 Å². The second-order valence-corrected chi connectivity index (χ2v) is 8.87. The van der Waals surface area contributed by atoms with Gasteiger partial charge in [0.1, 0.15) is 6.26 Å². The van der Waals surface area contributed by atoms with Crippen molar-refractivity contribution in [3.05, 3.63) is 123 Å². The first-order chi connectivity index (χ1) is 16.5. The van der Waals surface area contributed by atoms with E-state index in [1.54, 1.807) is 6.07 Å². The summed E-state index contributed by atoms with van der Waals surface area (Å²) in [6, 6.07) is 25.5. The highest BCUT2D eigenvalue weighted by Gasteiger charge is 2.21. The Kier molecular flexibility index (Phi) is 8.01. The SMILES string of the molecule is CC(c1ccccc1)N(Cc1nc(C(=O)NCc2ccccc2)co1)Cc1ccc(Cl)cc1Cl. The highest BCUT2D eigenvalue weighted by atomic mass is 35.5. The van der Waals surface area contributed by atoms with E-state index < -0.39 is 0 Å². The van der Waals surface area contributed by atoms with E-state index in [0.717, 1.165) is 16.7 Å². The lowest BCUT2D eigenvalue weighted by molar-refractivity contribution is 0.0945. The van der Waals surface area contributed by atoms with Crippen molar-refractivity contribution in [1.82, 2.24) is 15.2 Å². The molecule has 3 aromatic carbocycles. The fraction of sp³-hybridized carbons (Fsp3) is 0.185. The van der Waals surface area contributed by atoms with Crippen LogP contribution in [-0.4, -0.2) is 15.8 Å². The molecular formula is C27H25Cl2N3O2. The second kappa shape index (κ2) is 11.3. The number of carbonyl (C=O) groups is 1. The molecule has 0 aliphatic heterocycles. The van der Waals surface area contributed by atoms with Gasteiger partial charge in [0.25, 0.3) is 5.91 Å². The number of hydrogen-bond donors (Lipinski definition) is 1. The molecule has 4 aromatic rings. The third-order valence-electron chi connectivity index (χ3n) is 5.64. The van der Waals surface area contributed by atoms with Crippen molar-refractivity contribution in [3.63, 3.8) is 0 Å². The first kappa shape index (κ1) is 24.0. The van der Waals surface area contributed by atoms with Crippen LogP contribution in [0.15, 0.2) is 89.5 Å². The normalized spacial score (nSPS) is 12.0. The molecule has 0 aliphatic rings. The largest absolute Gasteiger partial charge is 0.447 e. The van der Waals surface area contributed by atoms with Gasteiger partial charge in [-0.3, -0.25) is 9.69 Å². The lowest BCUT2D eigenvalue weighted by Crippen LogP contribution is -2.27. The fourth-order valence-corrected chi connectivity index (χ4v) is 4.14. The van der Waals surface area contributed by atoms with E-state index in [9.17, 15) is 4.79 Å². The summed E-state index contributed by atoms with van der Waals surface area (Å²) in [5, 5.41) is 4.07. The fourth-order valence-electron chi connectivity index (χ4n) is 3.67. The Hall–Kier alpha value is -3.12. The molecule has 1 aromatic heterocycles. The van der Waals surface area contributed by atoms with Crippen molar-refractivity contribution in [2.45, 2.75) is 32.6 Å². The van der Waals surface area contributed by atoms with E-state index in [0.29, 0.717) is 35.6 Å². The number of aromatic nitrogens is 1. The van der Waals surface area contributed by atoms with Gasteiger partial charge in [-0.2, -0.15) is 0 Å². The molecule has 0 saturated heterocycles. The van der Waals surface area contributed by atoms with Gasteiger partial charge in [-0.05, 0) is 35.7 Å².